The Morgan fingerprint density at radius 1 is 1.35 bits per heavy atom. The number of furan rings is 1. The van der Waals surface area contributed by atoms with E-state index in [1.807, 2.05) is 20.2 Å². The molecular weight excluding hydrogens is 250 g/mol. The van der Waals surface area contributed by atoms with E-state index in [1.165, 1.54) is 16.7 Å². The second kappa shape index (κ2) is 5.81. The molecule has 2 heterocycles. The summed E-state index contributed by atoms with van der Waals surface area (Å²) in [6.45, 7) is 2.78. The van der Waals surface area contributed by atoms with Gasteiger partial charge in [-0.25, -0.2) is 0 Å². The van der Waals surface area contributed by atoms with Crippen LogP contribution in [0, 0.1) is 6.92 Å². The van der Waals surface area contributed by atoms with Gasteiger partial charge in [0.2, 0.25) is 0 Å². The van der Waals surface area contributed by atoms with Crippen molar-refractivity contribution in [2.24, 2.45) is 0 Å². The minimum atomic E-state index is 0.160. The van der Waals surface area contributed by atoms with Crippen LogP contribution in [0.2, 0.25) is 0 Å². The Bertz CT molecular complexity index is 576. The molecule has 0 amide bonds. The molecule has 1 aromatic heterocycles. The minimum Gasteiger partial charge on any atom is -0.469 e. The Morgan fingerprint density at radius 3 is 2.95 bits per heavy atom. The predicted molar refractivity (Wildman–Crippen MR) is 78.7 cm³/mol. The smallest absolute Gasteiger partial charge is 0.101 e. The van der Waals surface area contributed by atoms with Gasteiger partial charge in [0.1, 0.15) is 5.76 Å². The average Bonchev–Trinajstić information content (AvgIpc) is 2.91. The molecule has 2 aromatic rings. The van der Waals surface area contributed by atoms with Crippen LogP contribution in [0.5, 0.6) is 0 Å². The first-order valence-electron chi connectivity index (χ1n) is 7.19. The van der Waals surface area contributed by atoms with Gasteiger partial charge in [-0.05, 0) is 44.0 Å². The maximum absolute atomic E-state index is 5.99. The van der Waals surface area contributed by atoms with Crippen molar-refractivity contribution in [3.05, 3.63) is 59.0 Å². The lowest BCUT2D eigenvalue weighted by atomic mass is 9.92. The highest BCUT2D eigenvalue weighted by atomic mass is 16.5. The summed E-state index contributed by atoms with van der Waals surface area (Å²) in [5, 5.41) is 3.37. The molecule has 0 saturated heterocycles. The average molecular weight is 271 g/mol. The Hall–Kier alpha value is -1.58. The molecule has 0 spiro atoms. The number of nitrogens with one attached hydrogen (secondary N) is 1. The summed E-state index contributed by atoms with van der Waals surface area (Å²) in [6, 6.07) is 10.9. The first-order chi connectivity index (χ1) is 9.78. The topological polar surface area (TPSA) is 34.4 Å². The van der Waals surface area contributed by atoms with Gasteiger partial charge in [-0.1, -0.05) is 24.3 Å². The Morgan fingerprint density at radius 2 is 2.20 bits per heavy atom. The van der Waals surface area contributed by atoms with Crippen LogP contribution in [-0.2, 0) is 11.2 Å². The van der Waals surface area contributed by atoms with E-state index in [9.17, 15) is 0 Å². The molecule has 20 heavy (non-hydrogen) atoms. The molecule has 0 bridgehead atoms. The van der Waals surface area contributed by atoms with E-state index in [4.69, 9.17) is 9.15 Å². The van der Waals surface area contributed by atoms with Crippen LogP contribution in [-0.4, -0.2) is 13.7 Å². The maximum atomic E-state index is 5.99. The van der Waals surface area contributed by atoms with Crippen molar-refractivity contribution in [2.45, 2.75) is 31.9 Å². The fourth-order valence-electron chi connectivity index (χ4n) is 2.95. The largest absolute Gasteiger partial charge is 0.469 e. The van der Waals surface area contributed by atoms with E-state index in [2.05, 4.69) is 35.6 Å². The van der Waals surface area contributed by atoms with E-state index in [1.54, 1.807) is 0 Å². The first-order valence-corrected chi connectivity index (χ1v) is 7.19. The van der Waals surface area contributed by atoms with E-state index in [-0.39, 0.29) is 12.1 Å². The lowest BCUT2D eigenvalue weighted by Gasteiger charge is -2.29. The number of benzene rings is 1. The normalized spacial score (nSPS) is 19.6. The fourth-order valence-corrected chi connectivity index (χ4v) is 2.95. The van der Waals surface area contributed by atoms with Gasteiger partial charge in [0, 0.05) is 11.6 Å². The molecule has 1 N–H and O–H groups in total. The van der Waals surface area contributed by atoms with Crippen LogP contribution < -0.4 is 5.32 Å². The third-order valence-electron chi connectivity index (χ3n) is 4.04. The molecule has 1 aliphatic heterocycles. The highest BCUT2D eigenvalue weighted by Crippen LogP contribution is 2.34. The van der Waals surface area contributed by atoms with Crippen molar-refractivity contribution < 1.29 is 9.15 Å². The third-order valence-corrected chi connectivity index (χ3v) is 4.04. The van der Waals surface area contributed by atoms with Gasteiger partial charge in [0.25, 0.3) is 0 Å². The lowest BCUT2D eigenvalue weighted by molar-refractivity contribution is 0.0298. The number of fused-ring (bicyclic) bond motifs is 1. The summed E-state index contributed by atoms with van der Waals surface area (Å²) in [5.74, 6) is 0.949. The van der Waals surface area contributed by atoms with E-state index in [0.717, 1.165) is 25.2 Å². The number of ether oxygens (including phenoxy) is 1. The van der Waals surface area contributed by atoms with Crippen molar-refractivity contribution in [3.63, 3.8) is 0 Å². The van der Waals surface area contributed by atoms with Crippen LogP contribution in [0.4, 0.5) is 0 Å². The molecule has 2 unspecified atom stereocenters. The monoisotopic (exact) mass is 271 g/mol. The molecule has 3 nitrogen and oxygen atoms in total. The molecule has 0 fully saturated rings. The fraction of sp³-hybridized carbons (Fsp3) is 0.412. The van der Waals surface area contributed by atoms with Gasteiger partial charge in [0.15, 0.2) is 0 Å². The van der Waals surface area contributed by atoms with Crippen molar-refractivity contribution >= 4 is 0 Å². The first kappa shape index (κ1) is 13.4. The highest BCUT2D eigenvalue weighted by molar-refractivity contribution is 5.31. The summed E-state index contributed by atoms with van der Waals surface area (Å²) in [4.78, 5) is 0. The van der Waals surface area contributed by atoms with Crippen LogP contribution >= 0.6 is 0 Å². The van der Waals surface area contributed by atoms with Crippen molar-refractivity contribution in [1.29, 1.82) is 0 Å². The number of aryl methyl sites for hydroxylation is 1. The summed E-state index contributed by atoms with van der Waals surface area (Å²) >= 11 is 0. The van der Waals surface area contributed by atoms with E-state index in [0.29, 0.717) is 0 Å². The quantitative estimate of drug-likeness (QED) is 0.923. The third kappa shape index (κ3) is 2.65. The molecule has 3 heteroatoms. The molecule has 2 atom stereocenters. The maximum Gasteiger partial charge on any atom is 0.101 e. The molecule has 1 aliphatic rings. The number of hydrogen-bond donors (Lipinski definition) is 1. The van der Waals surface area contributed by atoms with Crippen molar-refractivity contribution in [3.8, 4) is 0 Å². The van der Waals surface area contributed by atoms with Gasteiger partial charge >= 0.3 is 0 Å². The zero-order chi connectivity index (χ0) is 13.9. The van der Waals surface area contributed by atoms with Gasteiger partial charge < -0.3 is 14.5 Å². The zero-order valence-electron chi connectivity index (χ0n) is 12.1. The van der Waals surface area contributed by atoms with Crippen LogP contribution in [0.15, 0.2) is 41.0 Å². The van der Waals surface area contributed by atoms with E-state index < -0.39 is 0 Å². The Kier molecular flexibility index (Phi) is 3.90. The second-order valence-electron chi connectivity index (χ2n) is 5.38. The van der Waals surface area contributed by atoms with Crippen molar-refractivity contribution in [2.75, 3.05) is 13.7 Å². The van der Waals surface area contributed by atoms with Crippen LogP contribution in [0.3, 0.4) is 0 Å². The molecule has 1 aromatic carbocycles. The highest BCUT2D eigenvalue weighted by Gasteiger charge is 2.24. The Labute approximate surface area is 119 Å². The number of hydrogen-bond acceptors (Lipinski definition) is 3. The van der Waals surface area contributed by atoms with Gasteiger partial charge in [0.05, 0.1) is 19.0 Å². The molecule has 0 aliphatic carbocycles. The Balaban J connectivity index is 1.80. The molecule has 0 saturated carbocycles. The van der Waals surface area contributed by atoms with E-state index >= 15 is 0 Å². The van der Waals surface area contributed by atoms with Crippen molar-refractivity contribution in [1.82, 2.24) is 5.32 Å². The molecule has 106 valence electrons. The van der Waals surface area contributed by atoms with Crippen LogP contribution in [0.25, 0.3) is 0 Å². The molecular formula is C17H21NO2. The van der Waals surface area contributed by atoms with Crippen LogP contribution in [0.1, 0.15) is 41.0 Å². The summed E-state index contributed by atoms with van der Waals surface area (Å²) < 4.78 is 11.4. The molecule has 3 rings (SSSR count). The summed E-state index contributed by atoms with van der Waals surface area (Å²) in [6.07, 6.45) is 3.94. The predicted octanol–water partition coefficient (Wildman–Crippen LogP) is 3.55. The van der Waals surface area contributed by atoms with Gasteiger partial charge in [-0.15, -0.1) is 0 Å². The lowest BCUT2D eigenvalue weighted by Crippen LogP contribution is -2.23. The minimum absolute atomic E-state index is 0.160. The summed E-state index contributed by atoms with van der Waals surface area (Å²) in [5.41, 5.74) is 3.94. The number of rotatable bonds is 4. The zero-order valence-corrected chi connectivity index (χ0v) is 12.1. The summed E-state index contributed by atoms with van der Waals surface area (Å²) in [7, 11) is 1.99. The van der Waals surface area contributed by atoms with Gasteiger partial charge in [-0.2, -0.15) is 0 Å². The second-order valence-corrected chi connectivity index (χ2v) is 5.38. The SMILES string of the molecule is CNC(CC1OCCc2ccccc21)c1coc(C)c1. The molecule has 0 radical (unpaired) electrons. The standard InChI is InChI=1S/C17H21NO2/c1-12-9-14(11-20-12)16(18-2)10-17-15-6-4-3-5-13(15)7-8-19-17/h3-6,9,11,16-18H,7-8,10H2,1-2H3. The van der Waals surface area contributed by atoms with Gasteiger partial charge in [-0.3, -0.25) is 0 Å².